The van der Waals surface area contributed by atoms with Crippen molar-refractivity contribution in [1.82, 2.24) is 0 Å². The number of benzene rings is 1. The summed E-state index contributed by atoms with van der Waals surface area (Å²) in [6.07, 6.45) is -0.340. The van der Waals surface area contributed by atoms with Gasteiger partial charge in [0, 0.05) is 0 Å². The first kappa shape index (κ1) is 9.78. The van der Waals surface area contributed by atoms with E-state index in [1.807, 2.05) is 12.1 Å². The molecule has 1 nitrogen and oxygen atoms in total. The van der Waals surface area contributed by atoms with Crippen LogP contribution in [0.4, 0.5) is 0 Å². The summed E-state index contributed by atoms with van der Waals surface area (Å²) in [6, 6.07) is 8.26. The Bertz CT molecular complexity index is 228. The number of rotatable bonds is 3. The first-order valence-electron chi connectivity index (χ1n) is 4.15. The summed E-state index contributed by atoms with van der Waals surface area (Å²) >= 11 is 0.608. The molecule has 0 aliphatic rings. The second-order valence-electron chi connectivity index (χ2n) is 2.68. The minimum absolute atomic E-state index is 0.340. The van der Waals surface area contributed by atoms with Crippen molar-refractivity contribution in [3.05, 3.63) is 29.8 Å². The Kier molecular flexibility index (Phi) is 3.80. The molecule has 2 heteroatoms. The molecule has 1 aromatic rings. The molecule has 0 fully saturated rings. The van der Waals surface area contributed by atoms with Crippen LogP contribution in [0.3, 0.4) is 0 Å². The Morgan fingerprint density at radius 1 is 1.33 bits per heavy atom. The van der Waals surface area contributed by atoms with Crippen molar-refractivity contribution in [3.8, 4) is 0 Å². The molecule has 0 radical (unpaired) electrons. The van der Waals surface area contributed by atoms with E-state index in [4.69, 9.17) is 0 Å². The molecular formula is C10H14OSe. The Labute approximate surface area is 80.0 Å². The molecule has 1 aromatic carbocycles. The monoisotopic (exact) mass is 230 g/mol. The third-order valence-corrected chi connectivity index (χ3v) is 3.55. The van der Waals surface area contributed by atoms with Crippen LogP contribution in [0.25, 0.3) is 0 Å². The van der Waals surface area contributed by atoms with Crippen LogP contribution in [0.1, 0.15) is 25.5 Å². The minimum atomic E-state index is -0.340. The van der Waals surface area contributed by atoms with Crippen LogP contribution in [0.2, 0.25) is 5.32 Å². The summed E-state index contributed by atoms with van der Waals surface area (Å²) in [4.78, 5) is 0. The van der Waals surface area contributed by atoms with Gasteiger partial charge in [-0.1, -0.05) is 0 Å². The summed E-state index contributed by atoms with van der Waals surface area (Å²) in [7, 11) is 0. The van der Waals surface area contributed by atoms with Gasteiger partial charge in [0.2, 0.25) is 0 Å². The number of hydrogen-bond donors (Lipinski definition) is 1. The quantitative estimate of drug-likeness (QED) is 0.779. The zero-order valence-electron chi connectivity index (χ0n) is 7.45. The van der Waals surface area contributed by atoms with E-state index >= 15 is 0 Å². The maximum atomic E-state index is 9.25. The average molecular weight is 229 g/mol. The van der Waals surface area contributed by atoms with Gasteiger partial charge in [0.1, 0.15) is 0 Å². The van der Waals surface area contributed by atoms with Crippen LogP contribution in [0.15, 0.2) is 24.3 Å². The Morgan fingerprint density at radius 2 is 1.92 bits per heavy atom. The van der Waals surface area contributed by atoms with E-state index in [2.05, 4.69) is 19.1 Å². The molecule has 0 spiro atoms. The van der Waals surface area contributed by atoms with Gasteiger partial charge in [-0.15, -0.1) is 0 Å². The second-order valence-corrected chi connectivity index (χ2v) is 5.48. The second kappa shape index (κ2) is 4.66. The molecule has 66 valence electrons. The van der Waals surface area contributed by atoms with Crippen LogP contribution in [-0.4, -0.2) is 20.1 Å². The molecule has 0 saturated carbocycles. The molecule has 12 heavy (non-hydrogen) atoms. The van der Waals surface area contributed by atoms with Crippen LogP contribution in [-0.2, 0) is 0 Å². The van der Waals surface area contributed by atoms with E-state index in [-0.39, 0.29) is 6.10 Å². The predicted molar refractivity (Wildman–Crippen MR) is 52.9 cm³/mol. The molecular weight excluding hydrogens is 215 g/mol. The summed E-state index contributed by atoms with van der Waals surface area (Å²) < 4.78 is 1.41. The third-order valence-electron chi connectivity index (χ3n) is 1.67. The van der Waals surface area contributed by atoms with Crippen molar-refractivity contribution in [3.63, 3.8) is 0 Å². The van der Waals surface area contributed by atoms with Gasteiger partial charge in [0.25, 0.3) is 0 Å². The van der Waals surface area contributed by atoms with Gasteiger partial charge in [-0.05, 0) is 0 Å². The van der Waals surface area contributed by atoms with Crippen molar-refractivity contribution in [2.24, 2.45) is 0 Å². The molecule has 0 bridgehead atoms. The SMILES string of the molecule is CC[Se]c1ccc([C@H](C)O)cc1. The first-order chi connectivity index (χ1) is 5.74. The van der Waals surface area contributed by atoms with Gasteiger partial charge in [-0.25, -0.2) is 0 Å². The Morgan fingerprint density at radius 3 is 2.33 bits per heavy atom. The zero-order chi connectivity index (χ0) is 8.97. The first-order valence-corrected chi connectivity index (χ1v) is 6.21. The predicted octanol–water partition coefficient (Wildman–Crippen LogP) is 1.51. The van der Waals surface area contributed by atoms with E-state index in [9.17, 15) is 5.11 Å². The Hall–Kier alpha value is -0.301. The van der Waals surface area contributed by atoms with Gasteiger partial charge in [-0.3, -0.25) is 0 Å². The van der Waals surface area contributed by atoms with Gasteiger partial charge in [0.15, 0.2) is 0 Å². The third kappa shape index (κ3) is 2.63. The van der Waals surface area contributed by atoms with Crippen molar-refractivity contribution < 1.29 is 5.11 Å². The van der Waals surface area contributed by atoms with Crippen LogP contribution in [0.5, 0.6) is 0 Å². The maximum absolute atomic E-state index is 9.25. The van der Waals surface area contributed by atoms with Crippen molar-refractivity contribution in [2.75, 3.05) is 0 Å². The number of aliphatic hydroxyl groups excluding tert-OH is 1. The molecule has 0 aliphatic carbocycles. The van der Waals surface area contributed by atoms with Gasteiger partial charge in [0.05, 0.1) is 0 Å². The molecule has 0 amide bonds. The average Bonchev–Trinajstić information content (AvgIpc) is 2.06. The van der Waals surface area contributed by atoms with E-state index in [1.165, 1.54) is 9.78 Å². The fourth-order valence-corrected chi connectivity index (χ4v) is 2.40. The molecule has 0 aliphatic heterocycles. The molecule has 0 saturated heterocycles. The number of aliphatic hydroxyl groups is 1. The molecule has 0 aromatic heterocycles. The zero-order valence-corrected chi connectivity index (χ0v) is 9.16. The molecule has 1 rings (SSSR count). The van der Waals surface area contributed by atoms with Crippen molar-refractivity contribution in [1.29, 1.82) is 0 Å². The fraction of sp³-hybridized carbons (Fsp3) is 0.400. The standard InChI is InChI=1S/C10H14OSe/c1-3-12-10-6-4-9(5-7-10)8(2)11/h4-8,11H,3H2,1-2H3/t8-/m0/s1. The number of hydrogen-bond acceptors (Lipinski definition) is 1. The molecule has 1 N–H and O–H groups in total. The Balaban J connectivity index is 2.71. The summed E-state index contributed by atoms with van der Waals surface area (Å²) in [5, 5.41) is 10.5. The van der Waals surface area contributed by atoms with E-state index < -0.39 is 0 Å². The van der Waals surface area contributed by atoms with Crippen molar-refractivity contribution in [2.45, 2.75) is 25.3 Å². The van der Waals surface area contributed by atoms with Gasteiger partial charge in [-0.2, -0.15) is 0 Å². The normalized spacial score (nSPS) is 12.9. The summed E-state index contributed by atoms with van der Waals surface area (Å²) in [5.41, 5.74) is 1.01. The molecule has 0 unspecified atom stereocenters. The topological polar surface area (TPSA) is 20.2 Å². The van der Waals surface area contributed by atoms with Crippen LogP contribution in [0, 0.1) is 0 Å². The van der Waals surface area contributed by atoms with E-state index in [0.717, 1.165) is 5.56 Å². The van der Waals surface area contributed by atoms with Gasteiger partial charge >= 0.3 is 79.6 Å². The summed E-state index contributed by atoms with van der Waals surface area (Å²) in [6.45, 7) is 3.99. The van der Waals surface area contributed by atoms with E-state index in [1.54, 1.807) is 6.92 Å². The van der Waals surface area contributed by atoms with Crippen molar-refractivity contribution >= 4 is 19.4 Å². The summed E-state index contributed by atoms with van der Waals surface area (Å²) in [5.74, 6) is 0. The van der Waals surface area contributed by atoms with E-state index in [0.29, 0.717) is 15.0 Å². The van der Waals surface area contributed by atoms with Crippen LogP contribution >= 0.6 is 0 Å². The molecule has 1 atom stereocenters. The van der Waals surface area contributed by atoms with Crippen LogP contribution < -0.4 is 4.46 Å². The molecule has 0 heterocycles. The van der Waals surface area contributed by atoms with Gasteiger partial charge < -0.3 is 0 Å². The fourth-order valence-electron chi connectivity index (χ4n) is 1.01.